The van der Waals surface area contributed by atoms with Crippen molar-refractivity contribution in [2.45, 2.75) is 19.3 Å². The molecular weight excluding hydrogens is 250 g/mol. The molecule has 1 N–H and O–H groups in total. The van der Waals surface area contributed by atoms with Crippen LogP contribution >= 0.6 is 35.3 Å². The van der Waals surface area contributed by atoms with Gasteiger partial charge < -0.3 is 0 Å². The highest BCUT2D eigenvalue weighted by molar-refractivity contribution is 14.1. The van der Waals surface area contributed by atoms with Gasteiger partial charge in [-0.1, -0.05) is 6.42 Å². The van der Waals surface area contributed by atoms with E-state index in [0.29, 0.717) is 0 Å². The Bertz CT molecular complexity index is 66.0. The van der Waals surface area contributed by atoms with Gasteiger partial charge in [0, 0.05) is 36.0 Å². The average Bonchev–Trinajstić information content (AvgIpc) is 1.90. The Hall–Kier alpha value is 0.940. The lowest BCUT2D eigenvalue weighted by molar-refractivity contribution is 0.217. The van der Waals surface area contributed by atoms with E-state index in [-0.39, 0.29) is 12.4 Å². The average molecular weight is 263 g/mol. The fourth-order valence-electron chi connectivity index (χ4n) is 0.978. The lowest BCUT2D eigenvalue weighted by Crippen LogP contribution is -2.35. The third-order valence-electron chi connectivity index (χ3n) is 1.48. The molecule has 0 aliphatic carbocycles. The van der Waals surface area contributed by atoms with E-state index >= 15 is 0 Å². The van der Waals surface area contributed by atoms with Crippen LogP contribution in [0.2, 0.25) is 0 Å². The lowest BCUT2D eigenvalue weighted by Gasteiger charge is -2.23. The molecule has 2 nitrogen and oxygen atoms in total. The van der Waals surface area contributed by atoms with Crippen LogP contribution < -0.4 is 3.64 Å². The zero-order valence-electron chi connectivity index (χ0n) is 5.27. The predicted octanol–water partition coefficient (Wildman–Crippen LogP) is 1.75. The number of hydrogen-bond acceptors (Lipinski definition) is 2. The van der Waals surface area contributed by atoms with E-state index < -0.39 is 0 Å². The molecule has 4 heteroatoms. The van der Waals surface area contributed by atoms with E-state index in [0.717, 1.165) is 0 Å². The van der Waals surface area contributed by atoms with Gasteiger partial charge in [-0.3, -0.25) is 0 Å². The third kappa shape index (κ3) is 3.60. The van der Waals surface area contributed by atoms with Crippen LogP contribution in [-0.4, -0.2) is 18.1 Å². The van der Waals surface area contributed by atoms with Crippen molar-refractivity contribution in [3.05, 3.63) is 0 Å². The molecule has 1 saturated heterocycles. The molecule has 0 aromatic heterocycles. The van der Waals surface area contributed by atoms with Gasteiger partial charge in [0.1, 0.15) is 0 Å². The van der Waals surface area contributed by atoms with Crippen molar-refractivity contribution >= 4 is 35.3 Å². The van der Waals surface area contributed by atoms with E-state index in [1.165, 1.54) is 32.4 Å². The number of hydrazine groups is 1. The monoisotopic (exact) mass is 262 g/mol. The molecule has 56 valence electrons. The molecule has 1 fully saturated rings. The van der Waals surface area contributed by atoms with Crippen LogP contribution in [0.1, 0.15) is 19.3 Å². The molecule has 0 aromatic carbocycles. The second-order valence-electron chi connectivity index (χ2n) is 2.13. The molecule has 0 spiro atoms. The number of piperidine rings is 1. The molecule has 0 aromatic rings. The Balaban J connectivity index is 0.000000640. The van der Waals surface area contributed by atoms with Gasteiger partial charge in [-0.05, 0) is 12.8 Å². The lowest BCUT2D eigenvalue weighted by atomic mass is 10.2. The van der Waals surface area contributed by atoms with Gasteiger partial charge in [0.15, 0.2) is 0 Å². The zero-order chi connectivity index (χ0) is 5.82. The summed E-state index contributed by atoms with van der Waals surface area (Å²) in [4.78, 5) is 0. The molecule has 1 aliphatic rings. The standard InChI is InChI=1S/C5H11IN2.ClH/c6-7-8-4-2-1-3-5-8;/h7H,1-5H2;1H. The maximum Gasteiger partial charge on any atom is 0.0336 e. The summed E-state index contributed by atoms with van der Waals surface area (Å²) in [7, 11) is 0. The van der Waals surface area contributed by atoms with Crippen LogP contribution in [0.25, 0.3) is 0 Å². The Morgan fingerprint density at radius 3 is 2.00 bits per heavy atom. The summed E-state index contributed by atoms with van der Waals surface area (Å²) < 4.78 is 3.11. The van der Waals surface area contributed by atoms with Crippen molar-refractivity contribution in [1.82, 2.24) is 8.65 Å². The smallest absolute Gasteiger partial charge is 0.0336 e. The third-order valence-corrected chi connectivity index (χ3v) is 2.16. The number of nitrogens with one attached hydrogen (secondary N) is 1. The minimum absolute atomic E-state index is 0. The van der Waals surface area contributed by atoms with Crippen molar-refractivity contribution < 1.29 is 0 Å². The number of nitrogens with zero attached hydrogens (tertiary/aromatic N) is 1. The quantitative estimate of drug-likeness (QED) is 0.572. The summed E-state index contributed by atoms with van der Waals surface area (Å²) >= 11 is 2.18. The minimum atomic E-state index is 0. The van der Waals surface area contributed by atoms with Crippen molar-refractivity contribution in [2.24, 2.45) is 0 Å². The van der Waals surface area contributed by atoms with Crippen molar-refractivity contribution in [3.63, 3.8) is 0 Å². The van der Waals surface area contributed by atoms with Gasteiger partial charge in [0.25, 0.3) is 0 Å². The van der Waals surface area contributed by atoms with Crippen LogP contribution in [0.5, 0.6) is 0 Å². The maximum absolute atomic E-state index is 3.11. The Labute approximate surface area is 76.2 Å². The first-order valence-corrected chi connectivity index (χ1v) is 4.12. The van der Waals surface area contributed by atoms with Gasteiger partial charge >= 0.3 is 0 Å². The summed E-state index contributed by atoms with van der Waals surface area (Å²) in [6.45, 7) is 2.45. The highest BCUT2D eigenvalue weighted by Crippen LogP contribution is 2.05. The summed E-state index contributed by atoms with van der Waals surface area (Å²) in [5, 5.41) is 2.25. The molecule has 0 unspecified atom stereocenters. The Morgan fingerprint density at radius 1 is 1.11 bits per heavy atom. The topological polar surface area (TPSA) is 15.3 Å². The van der Waals surface area contributed by atoms with Crippen LogP contribution in [0.15, 0.2) is 0 Å². The number of halogens is 2. The summed E-state index contributed by atoms with van der Waals surface area (Å²) in [6.07, 6.45) is 4.13. The fraction of sp³-hybridized carbons (Fsp3) is 1.00. The molecule has 0 radical (unpaired) electrons. The number of hydrogen-bond donors (Lipinski definition) is 1. The Morgan fingerprint density at radius 2 is 1.67 bits per heavy atom. The van der Waals surface area contributed by atoms with E-state index in [1.54, 1.807) is 0 Å². The SMILES string of the molecule is Cl.INN1CCCCC1. The minimum Gasteiger partial charge on any atom is -0.235 e. The van der Waals surface area contributed by atoms with Crippen molar-refractivity contribution in [1.29, 1.82) is 0 Å². The molecule has 0 bridgehead atoms. The molecule has 1 aliphatic heterocycles. The highest BCUT2D eigenvalue weighted by atomic mass is 127. The molecule has 1 rings (SSSR count). The van der Waals surface area contributed by atoms with E-state index in [9.17, 15) is 0 Å². The molecular formula is C5H12ClIN2. The molecule has 1 heterocycles. The first kappa shape index (κ1) is 9.94. The zero-order valence-corrected chi connectivity index (χ0v) is 8.24. The highest BCUT2D eigenvalue weighted by Gasteiger charge is 2.06. The van der Waals surface area contributed by atoms with Gasteiger partial charge in [-0.2, -0.15) is 3.64 Å². The van der Waals surface area contributed by atoms with Crippen LogP contribution in [0, 0.1) is 0 Å². The normalized spacial score (nSPS) is 21.0. The Kier molecular flexibility index (Phi) is 6.30. The predicted molar refractivity (Wildman–Crippen MR) is 49.8 cm³/mol. The van der Waals surface area contributed by atoms with E-state index in [2.05, 4.69) is 31.5 Å². The summed E-state index contributed by atoms with van der Waals surface area (Å²) in [5.41, 5.74) is 0. The second-order valence-corrected chi connectivity index (χ2v) is 2.61. The molecule has 9 heavy (non-hydrogen) atoms. The van der Waals surface area contributed by atoms with E-state index in [1.807, 2.05) is 0 Å². The van der Waals surface area contributed by atoms with E-state index in [4.69, 9.17) is 0 Å². The van der Waals surface area contributed by atoms with Gasteiger partial charge in [-0.15, -0.1) is 12.4 Å². The summed E-state index contributed by atoms with van der Waals surface area (Å²) in [5.74, 6) is 0. The fourth-order valence-corrected chi connectivity index (χ4v) is 1.46. The van der Waals surface area contributed by atoms with Gasteiger partial charge in [-0.25, -0.2) is 5.01 Å². The maximum atomic E-state index is 3.11. The van der Waals surface area contributed by atoms with Crippen LogP contribution in [0.3, 0.4) is 0 Å². The largest absolute Gasteiger partial charge is 0.235 e. The second kappa shape index (κ2) is 5.70. The first-order valence-electron chi connectivity index (χ1n) is 3.05. The van der Waals surface area contributed by atoms with Gasteiger partial charge in [0.05, 0.1) is 0 Å². The first-order chi connectivity index (χ1) is 3.93. The van der Waals surface area contributed by atoms with Crippen LogP contribution in [0.4, 0.5) is 0 Å². The van der Waals surface area contributed by atoms with Crippen LogP contribution in [-0.2, 0) is 0 Å². The number of rotatable bonds is 1. The van der Waals surface area contributed by atoms with Crippen molar-refractivity contribution in [2.75, 3.05) is 13.1 Å². The van der Waals surface area contributed by atoms with Gasteiger partial charge in [0.2, 0.25) is 0 Å². The molecule has 0 amide bonds. The summed E-state index contributed by atoms with van der Waals surface area (Å²) in [6, 6.07) is 0. The van der Waals surface area contributed by atoms with Crippen molar-refractivity contribution in [3.8, 4) is 0 Å². The molecule has 0 atom stereocenters. The molecule has 0 saturated carbocycles.